The number of urea groups is 1. The minimum atomic E-state index is -0.252. The molecule has 2 amide bonds. The van der Waals surface area contributed by atoms with Gasteiger partial charge in [0.05, 0.1) is 11.4 Å². The van der Waals surface area contributed by atoms with Crippen LogP contribution < -0.4 is 15.5 Å². The standard InChI is InChI=1S/C19H27N5OS/c1-14-7-8-16(17(11-14)24-9-5-4-6-10-24)21-18(25)22-19-20-12-15(26-19)13-23(2)3/h7-8,11-12H,4-6,9-10,13H2,1-3H3,(H2,20,21,22,25). The summed E-state index contributed by atoms with van der Waals surface area (Å²) < 4.78 is 0. The lowest BCUT2D eigenvalue weighted by atomic mass is 10.1. The highest BCUT2D eigenvalue weighted by Gasteiger charge is 2.16. The third-order valence-corrected chi connectivity index (χ3v) is 5.24. The van der Waals surface area contributed by atoms with Crippen LogP contribution in [0.3, 0.4) is 0 Å². The molecule has 140 valence electrons. The van der Waals surface area contributed by atoms with Gasteiger partial charge in [-0.05, 0) is 58.0 Å². The van der Waals surface area contributed by atoms with E-state index in [0.29, 0.717) is 5.13 Å². The summed E-state index contributed by atoms with van der Waals surface area (Å²) in [5.74, 6) is 0. The highest BCUT2D eigenvalue weighted by molar-refractivity contribution is 7.15. The van der Waals surface area contributed by atoms with Crippen LogP contribution in [-0.2, 0) is 6.54 Å². The van der Waals surface area contributed by atoms with E-state index in [9.17, 15) is 4.79 Å². The minimum Gasteiger partial charge on any atom is -0.370 e. The molecule has 1 aromatic heterocycles. The molecule has 26 heavy (non-hydrogen) atoms. The smallest absolute Gasteiger partial charge is 0.325 e. The Balaban J connectivity index is 1.68. The second-order valence-corrected chi connectivity index (χ2v) is 8.13. The van der Waals surface area contributed by atoms with Crippen molar-refractivity contribution in [2.45, 2.75) is 32.7 Å². The van der Waals surface area contributed by atoms with Gasteiger partial charge in [-0.15, -0.1) is 11.3 Å². The van der Waals surface area contributed by atoms with Crippen molar-refractivity contribution in [3.05, 3.63) is 34.8 Å². The summed E-state index contributed by atoms with van der Waals surface area (Å²) >= 11 is 1.50. The van der Waals surface area contributed by atoms with Crippen molar-refractivity contribution >= 4 is 33.9 Å². The van der Waals surface area contributed by atoms with Gasteiger partial charge in [0.15, 0.2) is 5.13 Å². The zero-order chi connectivity index (χ0) is 18.5. The van der Waals surface area contributed by atoms with Gasteiger partial charge in [0.2, 0.25) is 0 Å². The van der Waals surface area contributed by atoms with Crippen molar-refractivity contribution in [2.75, 3.05) is 42.7 Å². The molecule has 7 heteroatoms. The number of hydrogen-bond acceptors (Lipinski definition) is 5. The number of piperidine rings is 1. The highest BCUT2D eigenvalue weighted by Crippen LogP contribution is 2.30. The van der Waals surface area contributed by atoms with E-state index in [1.54, 1.807) is 0 Å². The molecule has 1 aromatic carbocycles. The molecule has 0 bridgehead atoms. The number of rotatable bonds is 5. The number of nitrogens with zero attached hydrogens (tertiary/aromatic N) is 3. The van der Waals surface area contributed by atoms with Gasteiger partial charge in [-0.2, -0.15) is 0 Å². The van der Waals surface area contributed by atoms with E-state index in [4.69, 9.17) is 0 Å². The predicted octanol–water partition coefficient (Wildman–Crippen LogP) is 4.15. The first-order valence-electron chi connectivity index (χ1n) is 9.04. The van der Waals surface area contributed by atoms with Gasteiger partial charge >= 0.3 is 6.03 Å². The lowest BCUT2D eigenvalue weighted by Gasteiger charge is -2.30. The van der Waals surface area contributed by atoms with Gasteiger partial charge in [-0.25, -0.2) is 9.78 Å². The van der Waals surface area contributed by atoms with Gasteiger partial charge in [-0.3, -0.25) is 5.32 Å². The van der Waals surface area contributed by atoms with E-state index in [1.165, 1.54) is 36.2 Å². The number of carbonyl (C=O) groups is 1. The Labute approximate surface area is 159 Å². The van der Waals surface area contributed by atoms with Crippen LogP contribution in [0.5, 0.6) is 0 Å². The van der Waals surface area contributed by atoms with E-state index in [0.717, 1.165) is 35.9 Å². The number of aromatic nitrogens is 1. The first-order valence-corrected chi connectivity index (χ1v) is 9.86. The fourth-order valence-electron chi connectivity index (χ4n) is 3.14. The van der Waals surface area contributed by atoms with Crippen LogP contribution in [0.2, 0.25) is 0 Å². The van der Waals surface area contributed by atoms with Crippen LogP contribution in [0, 0.1) is 6.92 Å². The summed E-state index contributed by atoms with van der Waals surface area (Å²) in [6, 6.07) is 5.91. The van der Waals surface area contributed by atoms with Crippen molar-refractivity contribution in [3.8, 4) is 0 Å². The van der Waals surface area contributed by atoms with E-state index < -0.39 is 0 Å². The van der Waals surface area contributed by atoms with E-state index >= 15 is 0 Å². The van der Waals surface area contributed by atoms with Crippen LogP contribution >= 0.6 is 11.3 Å². The van der Waals surface area contributed by atoms with Gasteiger partial charge in [0.25, 0.3) is 0 Å². The Hall–Kier alpha value is -2.12. The number of aryl methyl sites for hydroxylation is 1. The second kappa shape index (κ2) is 8.51. The molecular formula is C19H27N5OS. The third kappa shape index (κ3) is 4.95. The van der Waals surface area contributed by atoms with Crippen LogP contribution in [0.25, 0.3) is 0 Å². The van der Waals surface area contributed by atoms with Crippen LogP contribution in [0.1, 0.15) is 29.7 Å². The monoisotopic (exact) mass is 373 g/mol. The fraction of sp³-hybridized carbons (Fsp3) is 0.474. The van der Waals surface area contributed by atoms with Gasteiger partial charge in [-0.1, -0.05) is 6.07 Å². The maximum Gasteiger partial charge on any atom is 0.325 e. The molecule has 0 radical (unpaired) electrons. The van der Waals surface area contributed by atoms with E-state index in [-0.39, 0.29) is 6.03 Å². The molecule has 1 aliphatic heterocycles. The quantitative estimate of drug-likeness (QED) is 0.827. The largest absolute Gasteiger partial charge is 0.370 e. The Bertz CT molecular complexity index is 752. The normalized spacial score (nSPS) is 14.5. The van der Waals surface area contributed by atoms with E-state index in [2.05, 4.69) is 38.4 Å². The van der Waals surface area contributed by atoms with Crippen molar-refractivity contribution in [1.29, 1.82) is 0 Å². The topological polar surface area (TPSA) is 60.5 Å². The Morgan fingerprint density at radius 3 is 2.73 bits per heavy atom. The van der Waals surface area contributed by atoms with E-state index in [1.807, 2.05) is 32.4 Å². The number of hydrogen-bond donors (Lipinski definition) is 2. The Kier molecular flexibility index (Phi) is 6.11. The molecule has 6 nitrogen and oxygen atoms in total. The summed E-state index contributed by atoms with van der Waals surface area (Å²) in [4.78, 5) is 22.3. The number of benzene rings is 1. The molecule has 0 aliphatic carbocycles. The van der Waals surface area contributed by atoms with Crippen LogP contribution in [-0.4, -0.2) is 43.1 Å². The number of amides is 2. The molecule has 1 aliphatic rings. The fourth-order valence-corrected chi connectivity index (χ4v) is 4.07. The summed E-state index contributed by atoms with van der Waals surface area (Å²) in [7, 11) is 4.03. The van der Waals surface area contributed by atoms with Crippen molar-refractivity contribution < 1.29 is 4.79 Å². The summed E-state index contributed by atoms with van der Waals surface area (Å²) in [6.07, 6.45) is 5.50. The van der Waals surface area contributed by atoms with Gasteiger partial charge in [0, 0.05) is 30.7 Å². The third-order valence-electron chi connectivity index (χ3n) is 4.34. The lowest BCUT2D eigenvalue weighted by Crippen LogP contribution is -2.31. The minimum absolute atomic E-state index is 0.252. The molecular weight excluding hydrogens is 346 g/mol. The average molecular weight is 374 g/mol. The number of nitrogens with one attached hydrogen (secondary N) is 2. The zero-order valence-corrected chi connectivity index (χ0v) is 16.5. The van der Waals surface area contributed by atoms with Crippen molar-refractivity contribution in [1.82, 2.24) is 9.88 Å². The first-order chi connectivity index (χ1) is 12.5. The highest BCUT2D eigenvalue weighted by atomic mass is 32.1. The molecule has 0 saturated carbocycles. The maximum atomic E-state index is 12.4. The molecule has 3 rings (SSSR count). The molecule has 1 fully saturated rings. The van der Waals surface area contributed by atoms with Crippen LogP contribution in [0.4, 0.5) is 21.3 Å². The van der Waals surface area contributed by atoms with Crippen LogP contribution in [0.15, 0.2) is 24.4 Å². The number of anilines is 3. The predicted molar refractivity (Wildman–Crippen MR) is 109 cm³/mol. The molecule has 0 atom stereocenters. The second-order valence-electron chi connectivity index (χ2n) is 7.02. The maximum absolute atomic E-state index is 12.4. The van der Waals surface area contributed by atoms with Crippen molar-refractivity contribution in [2.24, 2.45) is 0 Å². The van der Waals surface area contributed by atoms with Crippen molar-refractivity contribution in [3.63, 3.8) is 0 Å². The summed E-state index contributed by atoms with van der Waals surface area (Å²) in [5, 5.41) is 6.46. The molecule has 2 aromatic rings. The molecule has 2 N–H and O–H groups in total. The molecule has 0 unspecified atom stereocenters. The summed E-state index contributed by atoms with van der Waals surface area (Å²) in [5.41, 5.74) is 3.15. The number of thiazole rings is 1. The zero-order valence-electron chi connectivity index (χ0n) is 15.7. The Morgan fingerprint density at radius 2 is 2.00 bits per heavy atom. The summed E-state index contributed by atoms with van der Waals surface area (Å²) in [6.45, 7) is 4.98. The number of carbonyl (C=O) groups excluding carboxylic acids is 1. The Morgan fingerprint density at radius 1 is 1.23 bits per heavy atom. The molecule has 1 saturated heterocycles. The first kappa shape index (κ1) is 18.7. The SMILES string of the molecule is Cc1ccc(NC(=O)Nc2ncc(CN(C)C)s2)c(N2CCCCC2)c1. The lowest BCUT2D eigenvalue weighted by molar-refractivity contribution is 0.262. The molecule has 0 spiro atoms. The van der Waals surface area contributed by atoms with Gasteiger partial charge < -0.3 is 15.1 Å². The van der Waals surface area contributed by atoms with Gasteiger partial charge in [0.1, 0.15) is 0 Å². The molecule has 2 heterocycles. The average Bonchev–Trinajstić information content (AvgIpc) is 3.03.